The number of methoxy groups -OCH3 is 1. The Kier molecular flexibility index (Phi) is 4.34. The molecule has 2 aromatic rings. The summed E-state index contributed by atoms with van der Waals surface area (Å²) in [5.41, 5.74) is 6.78. The van der Waals surface area contributed by atoms with Crippen molar-refractivity contribution in [3.8, 4) is 5.75 Å². The average Bonchev–Trinajstić information content (AvgIpc) is 2.46. The highest BCUT2D eigenvalue weighted by atomic mass is 32.2. The molecule has 8 heteroatoms. The number of carbonyl (C=O) groups is 1. The first-order chi connectivity index (χ1) is 10.3. The number of sulfonamides is 1. The Morgan fingerprint density at radius 3 is 2.27 bits per heavy atom. The minimum absolute atomic E-state index is 0.0329. The van der Waals surface area contributed by atoms with E-state index < -0.39 is 15.9 Å². The van der Waals surface area contributed by atoms with Gasteiger partial charge in [-0.1, -0.05) is 0 Å². The molecule has 0 bridgehead atoms. The quantitative estimate of drug-likeness (QED) is 0.729. The smallest absolute Gasteiger partial charge is 0.257 e. The number of anilines is 2. The van der Waals surface area contributed by atoms with E-state index in [4.69, 9.17) is 15.6 Å². The third-order valence-electron chi connectivity index (χ3n) is 2.94. The molecule has 2 rings (SSSR count). The summed E-state index contributed by atoms with van der Waals surface area (Å²) in [4.78, 5) is 12.1. The highest BCUT2D eigenvalue weighted by Crippen LogP contribution is 2.21. The van der Waals surface area contributed by atoms with E-state index in [0.717, 1.165) is 0 Å². The summed E-state index contributed by atoms with van der Waals surface area (Å²) in [7, 11) is -2.26. The number of carbonyl (C=O) groups excluding carboxylic acids is 1. The molecule has 0 aliphatic carbocycles. The van der Waals surface area contributed by atoms with Crippen LogP contribution in [0.3, 0.4) is 0 Å². The Balaban J connectivity index is 2.19. The van der Waals surface area contributed by atoms with Crippen molar-refractivity contribution in [2.75, 3.05) is 18.2 Å². The van der Waals surface area contributed by atoms with Crippen molar-refractivity contribution in [3.63, 3.8) is 0 Å². The zero-order valence-corrected chi connectivity index (χ0v) is 12.6. The SMILES string of the molecule is COc1ccc(C(=O)Nc2ccc(S(N)(=O)=O)cc2)c(N)c1. The number of ether oxygens (including phenoxy) is 1. The minimum Gasteiger partial charge on any atom is -0.497 e. The van der Waals surface area contributed by atoms with Gasteiger partial charge in [0.2, 0.25) is 10.0 Å². The van der Waals surface area contributed by atoms with E-state index in [1.807, 2.05) is 0 Å². The number of nitrogens with two attached hydrogens (primary N) is 2. The summed E-state index contributed by atoms with van der Waals surface area (Å²) < 4.78 is 27.3. The monoisotopic (exact) mass is 321 g/mol. The van der Waals surface area contributed by atoms with Gasteiger partial charge in [-0.25, -0.2) is 13.6 Å². The summed E-state index contributed by atoms with van der Waals surface area (Å²) >= 11 is 0. The molecule has 0 radical (unpaired) electrons. The topological polar surface area (TPSA) is 125 Å². The number of rotatable bonds is 4. The van der Waals surface area contributed by atoms with Gasteiger partial charge in [0, 0.05) is 17.4 Å². The zero-order valence-electron chi connectivity index (χ0n) is 11.7. The van der Waals surface area contributed by atoms with Gasteiger partial charge in [-0.05, 0) is 36.4 Å². The first-order valence-corrected chi connectivity index (χ1v) is 7.73. The predicted molar refractivity (Wildman–Crippen MR) is 83.2 cm³/mol. The fourth-order valence-electron chi connectivity index (χ4n) is 1.80. The summed E-state index contributed by atoms with van der Waals surface area (Å²) in [6, 6.07) is 10.2. The third-order valence-corrected chi connectivity index (χ3v) is 3.87. The van der Waals surface area contributed by atoms with E-state index in [1.165, 1.54) is 31.4 Å². The van der Waals surface area contributed by atoms with E-state index in [-0.39, 0.29) is 16.1 Å². The Hall–Kier alpha value is -2.58. The molecule has 0 heterocycles. The van der Waals surface area contributed by atoms with Crippen molar-refractivity contribution in [2.24, 2.45) is 5.14 Å². The van der Waals surface area contributed by atoms with Crippen LogP contribution in [0.15, 0.2) is 47.4 Å². The highest BCUT2D eigenvalue weighted by molar-refractivity contribution is 7.89. The number of nitrogens with one attached hydrogen (secondary N) is 1. The molecule has 22 heavy (non-hydrogen) atoms. The van der Waals surface area contributed by atoms with Crippen molar-refractivity contribution in [2.45, 2.75) is 4.90 Å². The molecule has 0 aliphatic rings. The van der Waals surface area contributed by atoms with Crippen molar-refractivity contribution < 1.29 is 17.9 Å². The number of amides is 1. The Bertz CT molecular complexity index is 801. The molecular formula is C14H15N3O4S. The number of primary sulfonamides is 1. The lowest BCUT2D eigenvalue weighted by atomic mass is 10.1. The molecular weight excluding hydrogens is 306 g/mol. The van der Waals surface area contributed by atoms with Crippen LogP contribution >= 0.6 is 0 Å². The number of nitrogen functional groups attached to an aromatic ring is 1. The molecule has 0 unspecified atom stereocenters. The van der Waals surface area contributed by atoms with E-state index in [0.29, 0.717) is 11.4 Å². The fourth-order valence-corrected chi connectivity index (χ4v) is 2.32. The first-order valence-electron chi connectivity index (χ1n) is 6.19. The van der Waals surface area contributed by atoms with Gasteiger partial charge in [-0.15, -0.1) is 0 Å². The van der Waals surface area contributed by atoms with Crippen LogP contribution in [0.2, 0.25) is 0 Å². The Morgan fingerprint density at radius 1 is 1.14 bits per heavy atom. The minimum atomic E-state index is -3.76. The van der Waals surface area contributed by atoms with Gasteiger partial charge in [0.05, 0.1) is 17.6 Å². The molecule has 5 N–H and O–H groups in total. The van der Waals surface area contributed by atoms with Gasteiger partial charge in [0.15, 0.2) is 0 Å². The maximum absolute atomic E-state index is 12.1. The first kappa shape index (κ1) is 15.8. The van der Waals surface area contributed by atoms with Gasteiger partial charge in [0.25, 0.3) is 5.91 Å². The van der Waals surface area contributed by atoms with Crippen molar-refractivity contribution in [1.82, 2.24) is 0 Å². The third kappa shape index (κ3) is 3.54. The van der Waals surface area contributed by atoms with Crippen molar-refractivity contribution >= 4 is 27.3 Å². The second-order valence-electron chi connectivity index (χ2n) is 4.48. The van der Waals surface area contributed by atoms with Crippen LogP contribution in [-0.4, -0.2) is 21.4 Å². The molecule has 0 saturated heterocycles. The van der Waals surface area contributed by atoms with Crippen LogP contribution in [0.5, 0.6) is 5.75 Å². The lowest BCUT2D eigenvalue weighted by molar-refractivity contribution is 0.102. The average molecular weight is 321 g/mol. The molecule has 0 fully saturated rings. The molecule has 1 amide bonds. The van der Waals surface area contributed by atoms with Crippen LogP contribution < -0.4 is 20.9 Å². The second-order valence-corrected chi connectivity index (χ2v) is 6.04. The fraction of sp³-hybridized carbons (Fsp3) is 0.0714. The van der Waals surface area contributed by atoms with Crippen molar-refractivity contribution in [3.05, 3.63) is 48.0 Å². The molecule has 0 saturated carbocycles. The maximum atomic E-state index is 12.1. The second kappa shape index (κ2) is 6.04. The summed E-state index contributed by atoms with van der Waals surface area (Å²) in [6.45, 7) is 0. The van der Waals surface area contributed by atoms with E-state index in [1.54, 1.807) is 18.2 Å². The lowest BCUT2D eigenvalue weighted by Crippen LogP contribution is -2.15. The summed E-state index contributed by atoms with van der Waals surface area (Å²) in [5.74, 6) is 0.134. The largest absolute Gasteiger partial charge is 0.497 e. The summed E-state index contributed by atoms with van der Waals surface area (Å²) in [6.07, 6.45) is 0. The van der Waals surface area contributed by atoms with Crippen LogP contribution in [0.4, 0.5) is 11.4 Å². The number of hydrogen-bond acceptors (Lipinski definition) is 5. The van der Waals surface area contributed by atoms with Crippen LogP contribution in [-0.2, 0) is 10.0 Å². The van der Waals surface area contributed by atoms with E-state index >= 15 is 0 Å². The highest BCUT2D eigenvalue weighted by Gasteiger charge is 2.12. The lowest BCUT2D eigenvalue weighted by Gasteiger charge is -2.09. The van der Waals surface area contributed by atoms with Crippen LogP contribution in [0.25, 0.3) is 0 Å². The zero-order chi connectivity index (χ0) is 16.3. The number of benzene rings is 2. The van der Waals surface area contributed by atoms with Gasteiger partial charge in [0.1, 0.15) is 5.75 Å². The van der Waals surface area contributed by atoms with Crippen LogP contribution in [0, 0.1) is 0 Å². The van der Waals surface area contributed by atoms with Gasteiger partial charge in [-0.3, -0.25) is 4.79 Å². The Labute approximate surface area is 127 Å². The predicted octanol–water partition coefficient (Wildman–Crippen LogP) is 1.18. The molecule has 116 valence electrons. The summed E-state index contributed by atoms with van der Waals surface area (Å²) in [5, 5.41) is 7.62. The van der Waals surface area contributed by atoms with Gasteiger partial charge >= 0.3 is 0 Å². The Morgan fingerprint density at radius 2 is 1.77 bits per heavy atom. The van der Waals surface area contributed by atoms with E-state index in [9.17, 15) is 13.2 Å². The normalized spacial score (nSPS) is 11.0. The molecule has 7 nitrogen and oxygen atoms in total. The maximum Gasteiger partial charge on any atom is 0.257 e. The molecule has 0 atom stereocenters. The van der Waals surface area contributed by atoms with E-state index in [2.05, 4.69) is 5.32 Å². The van der Waals surface area contributed by atoms with Crippen molar-refractivity contribution in [1.29, 1.82) is 0 Å². The molecule has 0 aliphatic heterocycles. The van der Waals surface area contributed by atoms with Crippen LogP contribution in [0.1, 0.15) is 10.4 Å². The van der Waals surface area contributed by atoms with Gasteiger partial charge < -0.3 is 15.8 Å². The number of hydrogen-bond donors (Lipinski definition) is 3. The van der Waals surface area contributed by atoms with Gasteiger partial charge in [-0.2, -0.15) is 0 Å². The molecule has 0 spiro atoms. The molecule has 2 aromatic carbocycles. The standard InChI is InChI=1S/C14H15N3O4S/c1-21-10-4-7-12(13(15)8-10)14(18)17-9-2-5-11(6-3-9)22(16,19)20/h2-8H,15H2,1H3,(H,17,18)(H2,16,19,20). The molecule has 0 aromatic heterocycles.